The smallest absolute Gasteiger partial charge is 0.416 e. The summed E-state index contributed by atoms with van der Waals surface area (Å²) in [4.78, 5) is 34.9. The Morgan fingerprint density at radius 1 is 1.15 bits per heavy atom. The van der Waals surface area contributed by atoms with Crippen LogP contribution in [-0.2, 0) is 22.3 Å². The average Bonchev–Trinajstić information content (AvgIpc) is 3.03. The van der Waals surface area contributed by atoms with Crippen LogP contribution in [0.2, 0.25) is 5.02 Å². The van der Waals surface area contributed by atoms with Crippen molar-refractivity contribution in [1.82, 2.24) is 14.9 Å². The standard InChI is InChI=1S/C21H24ClF3N5O4/c1-30(2,3)7-8-33-13-29-18(31)11-28(20(29)32)19-26-9-14(10-27-19)34-12-15-16(21(23,24)25)5-4-6-17(15)22/h4-6,9-10H,7-8,11-13H2,1-3H3/q+1. The molecule has 1 aliphatic rings. The Balaban J connectivity index is 1.61. The fraction of sp³-hybridized carbons (Fsp3) is 0.429. The number of carbonyl (C=O) groups excluding carboxylic acids is 2. The van der Waals surface area contributed by atoms with E-state index in [-0.39, 0.29) is 35.6 Å². The minimum absolute atomic E-state index is 0.0479. The minimum atomic E-state index is -4.59. The molecular formula is C21H24ClF3N5O4+. The van der Waals surface area contributed by atoms with Crippen molar-refractivity contribution < 1.29 is 36.7 Å². The zero-order valence-corrected chi connectivity index (χ0v) is 19.6. The predicted molar refractivity (Wildman–Crippen MR) is 116 cm³/mol. The van der Waals surface area contributed by atoms with Gasteiger partial charge in [-0.25, -0.2) is 19.7 Å². The molecule has 2 aromatic rings. The molecule has 0 spiro atoms. The predicted octanol–water partition coefficient (Wildman–Crippen LogP) is 3.18. The van der Waals surface area contributed by atoms with Crippen LogP contribution in [0.3, 0.4) is 0 Å². The zero-order chi connectivity index (χ0) is 25.1. The van der Waals surface area contributed by atoms with E-state index in [1.165, 1.54) is 24.5 Å². The number of urea groups is 1. The van der Waals surface area contributed by atoms with Crippen molar-refractivity contribution in [3.63, 3.8) is 0 Å². The van der Waals surface area contributed by atoms with Gasteiger partial charge in [0.25, 0.3) is 5.91 Å². The Labute approximate surface area is 199 Å². The van der Waals surface area contributed by atoms with Crippen LogP contribution in [-0.4, -0.2) is 78.9 Å². The van der Waals surface area contributed by atoms with Gasteiger partial charge in [-0.2, -0.15) is 13.2 Å². The van der Waals surface area contributed by atoms with E-state index in [0.717, 1.165) is 15.9 Å². The molecule has 1 aliphatic heterocycles. The molecule has 0 saturated carbocycles. The summed E-state index contributed by atoms with van der Waals surface area (Å²) >= 11 is 5.92. The van der Waals surface area contributed by atoms with Crippen molar-refractivity contribution in [3.05, 3.63) is 46.7 Å². The molecule has 1 fully saturated rings. The van der Waals surface area contributed by atoms with Crippen LogP contribution >= 0.6 is 11.6 Å². The number of anilines is 1. The maximum Gasteiger partial charge on any atom is 0.416 e. The van der Waals surface area contributed by atoms with Crippen molar-refractivity contribution in [1.29, 1.82) is 0 Å². The molecule has 0 aliphatic carbocycles. The average molecular weight is 503 g/mol. The van der Waals surface area contributed by atoms with Crippen LogP contribution < -0.4 is 9.64 Å². The topological polar surface area (TPSA) is 84.9 Å². The monoisotopic (exact) mass is 502 g/mol. The Morgan fingerprint density at radius 2 is 1.82 bits per heavy atom. The lowest BCUT2D eigenvalue weighted by molar-refractivity contribution is -0.870. The molecule has 3 amide bonds. The first kappa shape index (κ1) is 25.7. The number of benzene rings is 1. The first-order valence-electron chi connectivity index (χ1n) is 10.2. The highest BCUT2D eigenvalue weighted by Gasteiger charge is 2.38. The van der Waals surface area contributed by atoms with Crippen molar-refractivity contribution in [2.45, 2.75) is 12.8 Å². The second-order valence-electron chi connectivity index (χ2n) is 8.51. The molecule has 9 nitrogen and oxygen atoms in total. The van der Waals surface area contributed by atoms with Gasteiger partial charge in [0.1, 0.15) is 26.4 Å². The van der Waals surface area contributed by atoms with Crippen molar-refractivity contribution >= 4 is 29.5 Å². The number of amides is 3. The summed E-state index contributed by atoms with van der Waals surface area (Å²) in [7, 11) is 5.98. The van der Waals surface area contributed by atoms with E-state index in [4.69, 9.17) is 21.1 Å². The number of ether oxygens (including phenoxy) is 2. The molecule has 0 unspecified atom stereocenters. The third-order valence-electron chi connectivity index (χ3n) is 4.85. The quantitative estimate of drug-likeness (QED) is 0.297. The molecule has 0 N–H and O–H groups in total. The normalized spacial score (nSPS) is 14.8. The number of likely N-dealkylation sites (N-methyl/N-ethyl adjacent to an activating group) is 1. The highest BCUT2D eigenvalue weighted by Crippen LogP contribution is 2.35. The maximum atomic E-state index is 13.2. The van der Waals surface area contributed by atoms with Crippen LogP contribution in [0.5, 0.6) is 5.75 Å². The van der Waals surface area contributed by atoms with Crippen LogP contribution in [0.15, 0.2) is 30.6 Å². The summed E-state index contributed by atoms with van der Waals surface area (Å²) in [6.07, 6.45) is -2.19. The van der Waals surface area contributed by atoms with E-state index in [1.807, 2.05) is 21.1 Å². The van der Waals surface area contributed by atoms with Crippen molar-refractivity contribution in [3.8, 4) is 5.75 Å². The Kier molecular flexibility index (Phi) is 7.64. The maximum absolute atomic E-state index is 13.2. The van der Waals surface area contributed by atoms with Gasteiger partial charge in [-0.15, -0.1) is 0 Å². The fourth-order valence-electron chi connectivity index (χ4n) is 2.97. The minimum Gasteiger partial charge on any atom is -0.486 e. The molecule has 0 radical (unpaired) electrons. The molecule has 2 heterocycles. The highest BCUT2D eigenvalue weighted by molar-refractivity contribution is 6.31. The Bertz CT molecular complexity index is 1040. The lowest BCUT2D eigenvalue weighted by Crippen LogP contribution is -2.40. The molecule has 1 saturated heterocycles. The summed E-state index contributed by atoms with van der Waals surface area (Å²) in [6, 6.07) is 2.83. The van der Waals surface area contributed by atoms with Crippen LogP contribution in [0.1, 0.15) is 11.1 Å². The van der Waals surface area contributed by atoms with Gasteiger partial charge in [0.05, 0.1) is 45.7 Å². The zero-order valence-electron chi connectivity index (χ0n) is 18.8. The molecule has 13 heteroatoms. The first-order chi connectivity index (χ1) is 15.9. The summed E-state index contributed by atoms with van der Waals surface area (Å²) in [5, 5.41) is -0.0858. The van der Waals surface area contributed by atoms with Crippen LogP contribution in [0.4, 0.5) is 23.9 Å². The van der Waals surface area contributed by atoms with Gasteiger partial charge in [-0.3, -0.25) is 9.69 Å². The fourth-order valence-corrected chi connectivity index (χ4v) is 3.20. The molecule has 1 aromatic carbocycles. The molecule has 184 valence electrons. The summed E-state index contributed by atoms with van der Waals surface area (Å²) in [6.45, 7) is 0.158. The SMILES string of the molecule is C[N+](C)(C)CCOCN1C(=O)CN(c2ncc(OCc3c(Cl)cccc3C(F)(F)F)cn2)C1=O. The molecule has 0 atom stereocenters. The number of hydrogen-bond acceptors (Lipinski definition) is 6. The number of halogens is 4. The van der Waals surface area contributed by atoms with Gasteiger partial charge in [-0.1, -0.05) is 17.7 Å². The largest absolute Gasteiger partial charge is 0.486 e. The van der Waals surface area contributed by atoms with Gasteiger partial charge in [0, 0.05) is 10.6 Å². The lowest BCUT2D eigenvalue weighted by atomic mass is 10.1. The number of nitrogens with zero attached hydrogens (tertiary/aromatic N) is 5. The lowest BCUT2D eigenvalue weighted by Gasteiger charge is -2.24. The van der Waals surface area contributed by atoms with Crippen LogP contribution in [0, 0.1) is 0 Å². The highest BCUT2D eigenvalue weighted by atomic mass is 35.5. The van der Waals surface area contributed by atoms with E-state index >= 15 is 0 Å². The summed E-state index contributed by atoms with van der Waals surface area (Å²) < 4.78 is 51.1. The van der Waals surface area contributed by atoms with Crippen LogP contribution in [0.25, 0.3) is 0 Å². The molecule has 1 aromatic heterocycles. The third-order valence-corrected chi connectivity index (χ3v) is 5.20. The number of alkyl halides is 3. The van der Waals surface area contributed by atoms with Gasteiger partial charge >= 0.3 is 12.2 Å². The second-order valence-corrected chi connectivity index (χ2v) is 8.92. The number of aromatic nitrogens is 2. The van der Waals surface area contributed by atoms with Gasteiger partial charge < -0.3 is 14.0 Å². The Hall–Kier alpha value is -2.96. The van der Waals surface area contributed by atoms with E-state index in [0.29, 0.717) is 17.6 Å². The van der Waals surface area contributed by atoms with Crippen molar-refractivity contribution in [2.24, 2.45) is 0 Å². The molecular weight excluding hydrogens is 479 g/mol. The Morgan fingerprint density at radius 3 is 2.44 bits per heavy atom. The second kappa shape index (κ2) is 10.1. The number of quaternary nitrogens is 1. The number of carbonyl (C=O) groups is 2. The van der Waals surface area contributed by atoms with Crippen molar-refractivity contribution in [2.75, 3.05) is 52.5 Å². The molecule has 34 heavy (non-hydrogen) atoms. The number of imide groups is 1. The molecule has 0 bridgehead atoms. The van der Waals surface area contributed by atoms with Gasteiger partial charge in [-0.05, 0) is 12.1 Å². The van der Waals surface area contributed by atoms with E-state index in [9.17, 15) is 22.8 Å². The van der Waals surface area contributed by atoms with Gasteiger partial charge in [0.15, 0.2) is 5.75 Å². The van der Waals surface area contributed by atoms with E-state index < -0.39 is 30.3 Å². The number of hydrogen-bond donors (Lipinski definition) is 0. The van der Waals surface area contributed by atoms with Gasteiger partial charge in [0.2, 0.25) is 5.95 Å². The molecule has 3 rings (SSSR count). The summed E-state index contributed by atoms with van der Waals surface area (Å²) in [5.41, 5.74) is -1.12. The van der Waals surface area contributed by atoms with E-state index in [1.54, 1.807) is 0 Å². The summed E-state index contributed by atoms with van der Waals surface area (Å²) in [5.74, 6) is -0.443. The number of rotatable bonds is 9. The first-order valence-corrected chi connectivity index (χ1v) is 10.5. The third kappa shape index (κ3) is 6.33. The van der Waals surface area contributed by atoms with E-state index in [2.05, 4.69) is 9.97 Å².